The van der Waals surface area contributed by atoms with E-state index in [9.17, 15) is 9.59 Å². The molecule has 0 saturated heterocycles. The van der Waals surface area contributed by atoms with Crippen molar-refractivity contribution >= 4 is 28.3 Å². The van der Waals surface area contributed by atoms with Gasteiger partial charge in [0.15, 0.2) is 5.13 Å². The van der Waals surface area contributed by atoms with Crippen LogP contribution in [0.1, 0.15) is 52.9 Å². The SMILES string of the molecule is CC(C)=CCC[C@@H](C)CCOC(=O)CCC(=O)Nc1nccs1. The molecule has 0 fully saturated rings. The molecule has 0 unspecified atom stereocenters. The van der Waals surface area contributed by atoms with Crippen LogP contribution < -0.4 is 5.32 Å². The van der Waals surface area contributed by atoms with Crippen molar-refractivity contribution in [1.82, 2.24) is 4.98 Å². The molecule has 0 aromatic carbocycles. The van der Waals surface area contributed by atoms with E-state index in [0.29, 0.717) is 17.7 Å². The van der Waals surface area contributed by atoms with Gasteiger partial charge in [-0.15, -0.1) is 11.3 Å². The van der Waals surface area contributed by atoms with Crippen LogP contribution in [0.3, 0.4) is 0 Å². The fraction of sp³-hybridized carbons (Fsp3) is 0.588. The van der Waals surface area contributed by atoms with Crippen molar-refractivity contribution < 1.29 is 14.3 Å². The van der Waals surface area contributed by atoms with E-state index < -0.39 is 0 Å². The van der Waals surface area contributed by atoms with Crippen molar-refractivity contribution in [2.75, 3.05) is 11.9 Å². The number of amides is 1. The van der Waals surface area contributed by atoms with E-state index in [2.05, 4.69) is 37.1 Å². The van der Waals surface area contributed by atoms with Crippen LogP contribution in [-0.2, 0) is 14.3 Å². The second-order valence-corrected chi connectivity index (χ2v) is 6.75. The van der Waals surface area contributed by atoms with Crippen LogP contribution >= 0.6 is 11.3 Å². The molecule has 1 N–H and O–H groups in total. The molecule has 0 aliphatic heterocycles. The molecule has 0 saturated carbocycles. The van der Waals surface area contributed by atoms with E-state index in [1.54, 1.807) is 11.6 Å². The third-order valence-corrected chi connectivity index (χ3v) is 4.01. The largest absolute Gasteiger partial charge is 0.466 e. The number of carbonyl (C=O) groups excluding carboxylic acids is 2. The Morgan fingerprint density at radius 3 is 2.78 bits per heavy atom. The highest BCUT2D eigenvalue weighted by molar-refractivity contribution is 7.13. The van der Waals surface area contributed by atoms with E-state index in [1.807, 2.05) is 0 Å². The lowest BCUT2D eigenvalue weighted by molar-refractivity contribution is -0.145. The quantitative estimate of drug-likeness (QED) is 0.513. The molecular weight excluding hydrogens is 312 g/mol. The molecule has 0 bridgehead atoms. The number of allylic oxidation sites excluding steroid dienone is 2. The first-order chi connectivity index (χ1) is 11.0. The summed E-state index contributed by atoms with van der Waals surface area (Å²) in [6, 6.07) is 0. The Hall–Kier alpha value is -1.69. The van der Waals surface area contributed by atoms with Crippen LogP contribution in [0.5, 0.6) is 0 Å². The van der Waals surface area contributed by atoms with Gasteiger partial charge in [-0.1, -0.05) is 18.6 Å². The molecule has 128 valence electrons. The molecule has 1 rings (SSSR count). The predicted octanol–water partition coefficient (Wildman–Crippen LogP) is 4.18. The van der Waals surface area contributed by atoms with Gasteiger partial charge in [0, 0.05) is 18.0 Å². The van der Waals surface area contributed by atoms with Gasteiger partial charge >= 0.3 is 5.97 Å². The lowest BCUT2D eigenvalue weighted by Crippen LogP contribution is -2.15. The minimum atomic E-state index is -0.323. The highest BCUT2D eigenvalue weighted by atomic mass is 32.1. The first kappa shape index (κ1) is 19.4. The molecule has 1 aromatic rings. The molecule has 0 aliphatic carbocycles. The monoisotopic (exact) mass is 338 g/mol. The summed E-state index contributed by atoms with van der Waals surface area (Å²) in [7, 11) is 0. The molecular formula is C17H26N2O3S. The summed E-state index contributed by atoms with van der Waals surface area (Å²) in [5.74, 6) is -0.0191. The first-order valence-corrected chi connectivity index (χ1v) is 8.83. The van der Waals surface area contributed by atoms with Gasteiger partial charge in [0.05, 0.1) is 13.0 Å². The Bertz CT molecular complexity index is 508. The lowest BCUT2D eigenvalue weighted by atomic mass is 10.0. The third kappa shape index (κ3) is 9.84. The van der Waals surface area contributed by atoms with Crippen molar-refractivity contribution in [2.45, 2.75) is 52.9 Å². The van der Waals surface area contributed by atoms with Crippen molar-refractivity contribution in [3.8, 4) is 0 Å². The molecule has 1 heterocycles. The number of rotatable bonds is 10. The van der Waals surface area contributed by atoms with Crippen LogP contribution in [0.4, 0.5) is 5.13 Å². The molecule has 1 aromatic heterocycles. The molecule has 0 aliphatic rings. The van der Waals surface area contributed by atoms with E-state index >= 15 is 0 Å². The van der Waals surface area contributed by atoms with Gasteiger partial charge in [-0.25, -0.2) is 4.98 Å². The van der Waals surface area contributed by atoms with Crippen LogP contribution in [-0.4, -0.2) is 23.5 Å². The van der Waals surface area contributed by atoms with Crippen molar-refractivity contribution in [3.05, 3.63) is 23.2 Å². The summed E-state index contributed by atoms with van der Waals surface area (Å²) in [5.41, 5.74) is 1.33. The fourth-order valence-corrected chi connectivity index (χ4v) is 2.47. The van der Waals surface area contributed by atoms with Crippen molar-refractivity contribution in [2.24, 2.45) is 5.92 Å². The van der Waals surface area contributed by atoms with Gasteiger partial charge in [-0.3, -0.25) is 9.59 Å². The van der Waals surface area contributed by atoms with Crippen LogP contribution in [0, 0.1) is 5.92 Å². The molecule has 1 atom stereocenters. The highest BCUT2D eigenvalue weighted by Crippen LogP contribution is 2.13. The minimum absolute atomic E-state index is 0.101. The normalized spacial score (nSPS) is 11.6. The number of ether oxygens (including phenoxy) is 1. The molecule has 23 heavy (non-hydrogen) atoms. The minimum Gasteiger partial charge on any atom is -0.466 e. The van der Waals surface area contributed by atoms with E-state index in [-0.39, 0.29) is 24.7 Å². The summed E-state index contributed by atoms with van der Waals surface area (Å²) < 4.78 is 5.18. The van der Waals surface area contributed by atoms with Gasteiger partial charge in [-0.05, 0) is 39.0 Å². The van der Waals surface area contributed by atoms with Crippen LogP contribution in [0.25, 0.3) is 0 Å². The summed E-state index contributed by atoms with van der Waals surface area (Å²) in [5, 5.41) is 4.97. The number of aromatic nitrogens is 1. The Morgan fingerprint density at radius 2 is 2.13 bits per heavy atom. The van der Waals surface area contributed by atoms with Gasteiger partial charge in [0.25, 0.3) is 0 Å². The number of hydrogen-bond donors (Lipinski definition) is 1. The molecule has 6 heteroatoms. The number of thiazole rings is 1. The van der Waals surface area contributed by atoms with Gasteiger partial charge in [0.1, 0.15) is 0 Å². The standard InChI is InChI=1S/C17H26N2O3S/c1-13(2)5-4-6-14(3)9-11-22-16(21)8-7-15(20)19-17-18-10-12-23-17/h5,10,12,14H,4,6-9,11H2,1-3H3,(H,18,19,20)/t14-/m1/s1. The highest BCUT2D eigenvalue weighted by Gasteiger charge is 2.10. The maximum absolute atomic E-state index is 11.6. The number of hydrogen-bond acceptors (Lipinski definition) is 5. The summed E-state index contributed by atoms with van der Waals surface area (Å²) in [4.78, 5) is 27.2. The zero-order valence-corrected chi connectivity index (χ0v) is 14.9. The average molecular weight is 338 g/mol. The van der Waals surface area contributed by atoms with Crippen molar-refractivity contribution in [1.29, 1.82) is 0 Å². The molecule has 0 radical (unpaired) electrons. The summed E-state index contributed by atoms with van der Waals surface area (Å²) >= 11 is 1.35. The maximum Gasteiger partial charge on any atom is 0.306 e. The number of anilines is 1. The number of nitrogens with one attached hydrogen (secondary N) is 1. The Balaban J connectivity index is 2.07. The second kappa shape index (κ2) is 10.9. The predicted molar refractivity (Wildman–Crippen MR) is 93.4 cm³/mol. The van der Waals surface area contributed by atoms with E-state index in [0.717, 1.165) is 19.3 Å². The van der Waals surface area contributed by atoms with Crippen molar-refractivity contribution in [3.63, 3.8) is 0 Å². The number of nitrogens with zero attached hydrogens (tertiary/aromatic N) is 1. The number of esters is 1. The van der Waals surface area contributed by atoms with Gasteiger partial charge in [0.2, 0.25) is 5.91 Å². The first-order valence-electron chi connectivity index (χ1n) is 7.95. The topological polar surface area (TPSA) is 68.3 Å². The molecule has 1 amide bonds. The van der Waals surface area contributed by atoms with E-state index in [1.165, 1.54) is 16.9 Å². The summed E-state index contributed by atoms with van der Waals surface area (Å²) in [6.45, 7) is 6.77. The van der Waals surface area contributed by atoms with Gasteiger partial charge < -0.3 is 10.1 Å². The zero-order chi connectivity index (χ0) is 17.1. The summed E-state index contributed by atoms with van der Waals surface area (Å²) in [6.07, 6.45) is 7.08. The molecule has 5 nitrogen and oxygen atoms in total. The van der Waals surface area contributed by atoms with Crippen LogP contribution in [0.2, 0.25) is 0 Å². The Morgan fingerprint density at radius 1 is 1.35 bits per heavy atom. The smallest absolute Gasteiger partial charge is 0.306 e. The average Bonchev–Trinajstić information content (AvgIpc) is 2.97. The number of carbonyl (C=O) groups is 2. The van der Waals surface area contributed by atoms with Gasteiger partial charge in [-0.2, -0.15) is 0 Å². The second-order valence-electron chi connectivity index (χ2n) is 5.86. The van der Waals surface area contributed by atoms with Crippen LogP contribution in [0.15, 0.2) is 23.2 Å². The molecule has 0 spiro atoms. The Kier molecular flexibility index (Phi) is 9.21. The Labute approximate surface area is 142 Å². The fourth-order valence-electron chi connectivity index (χ4n) is 1.93. The zero-order valence-electron chi connectivity index (χ0n) is 14.1. The third-order valence-electron chi connectivity index (χ3n) is 3.32. The maximum atomic E-state index is 11.6. The lowest BCUT2D eigenvalue weighted by Gasteiger charge is -2.10. The van der Waals surface area contributed by atoms with E-state index in [4.69, 9.17) is 4.74 Å².